The van der Waals surface area contributed by atoms with E-state index < -0.39 is 0 Å². The molecule has 0 saturated heterocycles. The Morgan fingerprint density at radius 2 is 2.00 bits per heavy atom. The largest absolute Gasteiger partial charge is 0.372 e. The number of benzene rings is 1. The number of nitrogens with one attached hydrogen (secondary N) is 1. The highest BCUT2D eigenvalue weighted by atomic mass is 16.5. The average molecular weight is 261 g/mol. The Morgan fingerprint density at radius 3 is 2.68 bits per heavy atom. The molecule has 1 aromatic rings. The summed E-state index contributed by atoms with van der Waals surface area (Å²) in [5, 5.41) is 3.64. The van der Waals surface area contributed by atoms with Gasteiger partial charge in [-0.15, -0.1) is 0 Å². The van der Waals surface area contributed by atoms with Gasteiger partial charge in [0.05, 0.1) is 12.7 Å². The molecule has 0 aliphatic heterocycles. The van der Waals surface area contributed by atoms with Crippen LogP contribution in [-0.2, 0) is 11.3 Å². The fourth-order valence-electron chi connectivity index (χ4n) is 3.17. The summed E-state index contributed by atoms with van der Waals surface area (Å²) in [6.45, 7) is 8.64. The second-order valence-corrected chi connectivity index (χ2v) is 6.25. The Morgan fingerprint density at radius 1 is 1.26 bits per heavy atom. The first-order valence-corrected chi connectivity index (χ1v) is 7.52. The highest BCUT2D eigenvalue weighted by Gasteiger charge is 2.38. The van der Waals surface area contributed by atoms with Crippen LogP contribution in [0.25, 0.3) is 0 Å². The van der Waals surface area contributed by atoms with Gasteiger partial charge in [-0.05, 0) is 30.4 Å². The van der Waals surface area contributed by atoms with E-state index in [2.05, 4.69) is 56.4 Å². The van der Waals surface area contributed by atoms with E-state index in [1.165, 1.54) is 24.8 Å². The zero-order valence-corrected chi connectivity index (χ0v) is 12.5. The van der Waals surface area contributed by atoms with Gasteiger partial charge in [0.25, 0.3) is 0 Å². The van der Waals surface area contributed by atoms with Crippen LogP contribution in [-0.4, -0.2) is 18.7 Å². The molecule has 2 atom stereocenters. The summed E-state index contributed by atoms with van der Waals surface area (Å²) in [7, 11) is 0. The summed E-state index contributed by atoms with van der Waals surface area (Å²) in [6.07, 6.45) is 4.07. The van der Waals surface area contributed by atoms with Gasteiger partial charge in [0.1, 0.15) is 0 Å². The maximum Gasteiger partial charge on any atom is 0.0737 e. The lowest BCUT2D eigenvalue weighted by Crippen LogP contribution is -2.53. The molecule has 0 bridgehead atoms. The third kappa shape index (κ3) is 3.80. The molecule has 1 aromatic carbocycles. The molecular formula is C17H27NO. The molecule has 2 rings (SSSR count). The number of ether oxygens (including phenoxy) is 1. The van der Waals surface area contributed by atoms with Crippen LogP contribution in [0.4, 0.5) is 0 Å². The van der Waals surface area contributed by atoms with Gasteiger partial charge in [-0.1, -0.05) is 57.5 Å². The third-order valence-corrected chi connectivity index (χ3v) is 4.25. The molecule has 0 heterocycles. The Hall–Kier alpha value is -0.860. The van der Waals surface area contributed by atoms with E-state index in [1.807, 2.05) is 0 Å². The van der Waals surface area contributed by atoms with Gasteiger partial charge in [0.2, 0.25) is 0 Å². The van der Waals surface area contributed by atoms with E-state index in [1.54, 1.807) is 0 Å². The lowest BCUT2D eigenvalue weighted by molar-refractivity contribution is -0.0450. The third-order valence-electron chi connectivity index (χ3n) is 4.25. The molecule has 0 radical (unpaired) electrons. The van der Waals surface area contributed by atoms with Crippen LogP contribution in [0.5, 0.6) is 0 Å². The van der Waals surface area contributed by atoms with Gasteiger partial charge in [-0.2, -0.15) is 0 Å². The van der Waals surface area contributed by atoms with Crippen molar-refractivity contribution in [1.82, 2.24) is 5.32 Å². The van der Waals surface area contributed by atoms with Crippen molar-refractivity contribution in [3.8, 4) is 0 Å². The first-order chi connectivity index (χ1) is 9.13. The maximum atomic E-state index is 6.21. The molecule has 0 spiro atoms. The number of likely N-dealkylation sites (N-methyl/N-ethyl adjacent to an activating group) is 1. The summed E-state index contributed by atoms with van der Waals surface area (Å²) < 4.78 is 6.21. The van der Waals surface area contributed by atoms with Crippen molar-refractivity contribution in [3.05, 3.63) is 35.9 Å². The molecule has 19 heavy (non-hydrogen) atoms. The van der Waals surface area contributed by atoms with E-state index in [-0.39, 0.29) is 0 Å². The predicted molar refractivity (Wildman–Crippen MR) is 80.1 cm³/mol. The lowest BCUT2D eigenvalue weighted by Gasteiger charge is -2.44. The van der Waals surface area contributed by atoms with Crippen molar-refractivity contribution >= 4 is 0 Å². The standard InChI is InChI=1S/C17H27NO/c1-4-18-16-15(11-8-12-17(16,2)3)19-13-14-9-6-5-7-10-14/h5-7,9-10,15-16,18H,4,8,11-13H2,1-3H3. The van der Waals surface area contributed by atoms with E-state index in [0.29, 0.717) is 17.6 Å². The van der Waals surface area contributed by atoms with Crippen molar-refractivity contribution in [1.29, 1.82) is 0 Å². The molecule has 1 saturated carbocycles. The highest BCUT2D eigenvalue weighted by Crippen LogP contribution is 2.37. The predicted octanol–water partition coefficient (Wildman–Crippen LogP) is 3.76. The van der Waals surface area contributed by atoms with Crippen molar-refractivity contribution in [2.45, 2.75) is 58.8 Å². The minimum absolute atomic E-state index is 0.329. The zero-order valence-electron chi connectivity index (χ0n) is 12.5. The van der Waals surface area contributed by atoms with Crippen LogP contribution in [0.15, 0.2) is 30.3 Å². The molecule has 2 nitrogen and oxygen atoms in total. The van der Waals surface area contributed by atoms with E-state index in [4.69, 9.17) is 4.74 Å². The molecule has 1 aliphatic carbocycles. The molecule has 0 amide bonds. The van der Waals surface area contributed by atoms with Gasteiger partial charge in [-0.25, -0.2) is 0 Å². The zero-order chi connectivity index (χ0) is 13.7. The van der Waals surface area contributed by atoms with Gasteiger partial charge in [0, 0.05) is 6.04 Å². The summed E-state index contributed by atoms with van der Waals surface area (Å²) in [5.74, 6) is 0. The minimum Gasteiger partial charge on any atom is -0.372 e. The Kier molecular flexibility index (Phi) is 5.00. The molecule has 0 aromatic heterocycles. The minimum atomic E-state index is 0.329. The smallest absolute Gasteiger partial charge is 0.0737 e. The summed E-state index contributed by atoms with van der Waals surface area (Å²) in [4.78, 5) is 0. The lowest BCUT2D eigenvalue weighted by atomic mass is 9.71. The second-order valence-electron chi connectivity index (χ2n) is 6.25. The first kappa shape index (κ1) is 14.5. The number of hydrogen-bond donors (Lipinski definition) is 1. The summed E-state index contributed by atoms with van der Waals surface area (Å²) in [6, 6.07) is 10.9. The van der Waals surface area contributed by atoms with Crippen LogP contribution in [0, 0.1) is 5.41 Å². The summed E-state index contributed by atoms with van der Waals surface area (Å²) >= 11 is 0. The molecule has 1 aliphatic rings. The van der Waals surface area contributed by atoms with Gasteiger partial charge < -0.3 is 10.1 Å². The Balaban J connectivity index is 1.97. The second kappa shape index (κ2) is 6.53. The Bertz CT molecular complexity index is 374. The molecule has 1 fully saturated rings. The van der Waals surface area contributed by atoms with E-state index >= 15 is 0 Å². The van der Waals surface area contributed by atoms with Crippen LogP contribution in [0.2, 0.25) is 0 Å². The van der Waals surface area contributed by atoms with E-state index in [0.717, 1.165) is 13.2 Å². The molecule has 1 N–H and O–H groups in total. The monoisotopic (exact) mass is 261 g/mol. The average Bonchev–Trinajstić information content (AvgIpc) is 2.40. The fraction of sp³-hybridized carbons (Fsp3) is 0.647. The van der Waals surface area contributed by atoms with Crippen LogP contribution in [0.3, 0.4) is 0 Å². The van der Waals surface area contributed by atoms with Gasteiger partial charge in [0.15, 0.2) is 0 Å². The van der Waals surface area contributed by atoms with Gasteiger partial charge >= 0.3 is 0 Å². The van der Waals surface area contributed by atoms with Crippen molar-refractivity contribution in [2.24, 2.45) is 5.41 Å². The molecule has 2 heteroatoms. The quantitative estimate of drug-likeness (QED) is 0.871. The van der Waals surface area contributed by atoms with Crippen LogP contribution >= 0.6 is 0 Å². The number of hydrogen-bond acceptors (Lipinski definition) is 2. The molecule has 2 unspecified atom stereocenters. The molecule has 106 valence electrons. The first-order valence-electron chi connectivity index (χ1n) is 7.52. The summed E-state index contributed by atoms with van der Waals surface area (Å²) in [5.41, 5.74) is 1.59. The van der Waals surface area contributed by atoms with Crippen molar-refractivity contribution < 1.29 is 4.74 Å². The van der Waals surface area contributed by atoms with Gasteiger partial charge in [-0.3, -0.25) is 0 Å². The maximum absolute atomic E-state index is 6.21. The Labute approximate surface area is 117 Å². The normalized spacial score (nSPS) is 26.3. The fourth-order valence-corrected chi connectivity index (χ4v) is 3.17. The number of rotatable bonds is 5. The van der Waals surface area contributed by atoms with Crippen LogP contribution in [0.1, 0.15) is 45.6 Å². The van der Waals surface area contributed by atoms with Crippen molar-refractivity contribution in [2.75, 3.05) is 6.54 Å². The highest BCUT2D eigenvalue weighted by molar-refractivity contribution is 5.13. The molecular weight excluding hydrogens is 234 g/mol. The van der Waals surface area contributed by atoms with Crippen molar-refractivity contribution in [3.63, 3.8) is 0 Å². The van der Waals surface area contributed by atoms with Crippen LogP contribution < -0.4 is 5.32 Å². The SMILES string of the molecule is CCNC1C(OCc2ccccc2)CCCC1(C)C. The van der Waals surface area contributed by atoms with E-state index in [9.17, 15) is 0 Å². The topological polar surface area (TPSA) is 21.3 Å².